The highest BCUT2D eigenvalue weighted by Gasteiger charge is 2.46. The number of rotatable bonds is 3. The van der Waals surface area contributed by atoms with Crippen LogP contribution in [-0.4, -0.2) is 12.6 Å². The zero-order chi connectivity index (χ0) is 25.8. The molecule has 1 aliphatic rings. The van der Waals surface area contributed by atoms with Gasteiger partial charge in [-0.25, -0.2) is 0 Å². The van der Waals surface area contributed by atoms with E-state index in [1.165, 1.54) is 58.0 Å². The summed E-state index contributed by atoms with van der Waals surface area (Å²) in [4.78, 5) is 2.72. The maximum absolute atomic E-state index is 2.52. The first-order chi connectivity index (χ1) is 19.4. The molecule has 1 nitrogen and oxygen atoms in total. The molecule has 0 spiro atoms. The number of para-hydroxylation sites is 2. The maximum Gasteiger partial charge on any atom is 0.181 e. The first-order valence-corrected chi connectivity index (χ1v) is 16.2. The molecule has 0 radical (unpaired) electrons. The molecule has 6 aromatic carbocycles. The Morgan fingerprint density at radius 1 is 0.436 bits per heavy atom. The van der Waals surface area contributed by atoms with Gasteiger partial charge in [0.05, 0.1) is 11.0 Å². The summed E-state index contributed by atoms with van der Waals surface area (Å²) in [5.74, 6) is 0. The van der Waals surface area contributed by atoms with E-state index in [0.717, 1.165) is 0 Å². The second-order valence-corrected chi connectivity index (χ2v) is 14.9. The van der Waals surface area contributed by atoms with E-state index < -0.39 is 8.07 Å². The molecule has 184 valence electrons. The van der Waals surface area contributed by atoms with Crippen LogP contribution in [0.4, 0.5) is 0 Å². The zero-order valence-corrected chi connectivity index (χ0v) is 23.1. The summed E-state index contributed by atoms with van der Waals surface area (Å²) in [6.45, 7) is 0. The van der Waals surface area contributed by atoms with Gasteiger partial charge in [0.15, 0.2) is 8.07 Å². The fourth-order valence-corrected chi connectivity index (χ4v) is 13.5. The van der Waals surface area contributed by atoms with Crippen molar-refractivity contribution in [1.82, 2.24) is 4.57 Å². The molecular weight excluding hydrogens is 507 g/mol. The number of hydrogen-bond acceptors (Lipinski definition) is 1. The van der Waals surface area contributed by atoms with Crippen LogP contribution in [0.2, 0.25) is 0 Å². The van der Waals surface area contributed by atoms with Crippen LogP contribution in [0.3, 0.4) is 0 Å². The lowest BCUT2D eigenvalue weighted by atomic mass is 10.2. The van der Waals surface area contributed by atoms with Gasteiger partial charge in [-0.1, -0.05) is 133 Å². The molecular formula is C36H25NSSi. The number of fused-ring (bicyclic) bond motifs is 5. The Bertz CT molecular complexity index is 1900. The molecule has 0 saturated carbocycles. The molecule has 3 heteroatoms. The fraction of sp³-hybridized carbons (Fsp3) is 0. The lowest BCUT2D eigenvalue weighted by molar-refractivity contribution is 1.17. The lowest BCUT2D eigenvalue weighted by Crippen LogP contribution is -2.76. The monoisotopic (exact) mass is 531 g/mol. The van der Waals surface area contributed by atoms with Gasteiger partial charge < -0.3 is 4.57 Å². The molecule has 1 aromatic heterocycles. The van der Waals surface area contributed by atoms with Gasteiger partial charge >= 0.3 is 0 Å². The minimum absolute atomic E-state index is 1.21. The second-order valence-electron chi connectivity index (χ2n) is 10.1. The van der Waals surface area contributed by atoms with E-state index in [-0.39, 0.29) is 0 Å². The minimum atomic E-state index is -2.52. The van der Waals surface area contributed by atoms with Crippen molar-refractivity contribution in [3.05, 3.63) is 152 Å². The first kappa shape index (κ1) is 22.7. The van der Waals surface area contributed by atoms with Gasteiger partial charge in [-0.05, 0) is 51.1 Å². The third-order valence-corrected chi connectivity index (χ3v) is 14.5. The van der Waals surface area contributed by atoms with Crippen molar-refractivity contribution >= 4 is 62.4 Å². The summed E-state index contributed by atoms with van der Waals surface area (Å²) in [6, 6.07) is 56.2. The Hall–Kier alpha value is -4.31. The Balaban J connectivity index is 1.46. The molecule has 0 atom stereocenters. The average Bonchev–Trinajstić information content (AvgIpc) is 3.35. The topological polar surface area (TPSA) is 4.93 Å². The third kappa shape index (κ3) is 3.27. The van der Waals surface area contributed by atoms with Gasteiger partial charge in [-0.15, -0.1) is 0 Å². The van der Waals surface area contributed by atoms with Crippen LogP contribution >= 0.6 is 11.8 Å². The molecule has 7 aromatic rings. The number of hydrogen-bond donors (Lipinski definition) is 0. The van der Waals surface area contributed by atoms with Gasteiger partial charge in [0.25, 0.3) is 0 Å². The predicted molar refractivity (Wildman–Crippen MR) is 169 cm³/mol. The van der Waals surface area contributed by atoms with E-state index in [9.17, 15) is 0 Å². The van der Waals surface area contributed by atoms with E-state index in [2.05, 4.69) is 156 Å². The quantitative estimate of drug-likeness (QED) is 0.232. The standard InChI is InChI=1S/C36H25NSSi/c1-3-13-27(14-4-1)39(28-15-5-2-6-16-28)35-22-12-11-21-33(35)38-34-25-26(23-24-36(34)39)37-31-19-9-7-17-29(31)30-18-8-10-20-32(30)37/h1-25H. The van der Waals surface area contributed by atoms with Crippen molar-refractivity contribution in [1.29, 1.82) is 0 Å². The summed E-state index contributed by atoms with van der Waals surface area (Å²) < 4.78 is 2.43. The SMILES string of the molecule is c1ccc([Si]2(c3ccccc3)c3ccccc3Sc3cc(-n4c5ccccc5c5ccccc54)ccc32)cc1. The molecule has 0 saturated heterocycles. The van der Waals surface area contributed by atoms with Gasteiger partial charge in [0, 0.05) is 26.3 Å². The Morgan fingerprint density at radius 3 is 1.59 bits per heavy atom. The van der Waals surface area contributed by atoms with Crippen molar-refractivity contribution in [2.75, 3.05) is 0 Å². The van der Waals surface area contributed by atoms with E-state index >= 15 is 0 Å². The molecule has 0 unspecified atom stereocenters. The third-order valence-electron chi connectivity index (χ3n) is 8.13. The summed E-state index contributed by atoms with van der Waals surface area (Å²) >= 11 is 1.92. The number of nitrogens with zero attached hydrogens (tertiary/aromatic N) is 1. The summed E-state index contributed by atoms with van der Waals surface area (Å²) in [7, 11) is -2.52. The van der Waals surface area contributed by atoms with Crippen LogP contribution in [0.25, 0.3) is 27.5 Å². The second kappa shape index (κ2) is 8.87. The Labute approximate surface area is 233 Å². The Kier molecular flexibility index (Phi) is 5.15. The molecule has 0 amide bonds. The highest BCUT2D eigenvalue weighted by atomic mass is 32.2. The van der Waals surface area contributed by atoms with Crippen LogP contribution < -0.4 is 20.7 Å². The van der Waals surface area contributed by atoms with Gasteiger partial charge in [0.1, 0.15) is 0 Å². The van der Waals surface area contributed by atoms with Gasteiger partial charge in [-0.2, -0.15) is 0 Å². The molecule has 2 heterocycles. The van der Waals surface area contributed by atoms with E-state index in [1.807, 2.05) is 11.8 Å². The highest BCUT2D eigenvalue weighted by Crippen LogP contribution is 2.37. The molecule has 0 N–H and O–H groups in total. The van der Waals surface area contributed by atoms with Crippen molar-refractivity contribution in [3.8, 4) is 5.69 Å². The van der Waals surface area contributed by atoms with Crippen LogP contribution in [0, 0.1) is 0 Å². The number of benzene rings is 6. The summed E-state index contributed by atoms with van der Waals surface area (Å²) in [6.07, 6.45) is 0. The zero-order valence-electron chi connectivity index (χ0n) is 21.3. The van der Waals surface area contributed by atoms with Crippen molar-refractivity contribution in [3.63, 3.8) is 0 Å². The smallest absolute Gasteiger partial charge is 0.181 e. The van der Waals surface area contributed by atoms with E-state index in [1.54, 1.807) is 0 Å². The predicted octanol–water partition coefficient (Wildman–Crippen LogP) is 6.63. The van der Waals surface area contributed by atoms with Crippen molar-refractivity contribution in [2.24, 2.45) is 0 Å². The Morgan fingerprint density at radius 2 is 0.949 bits per heavy atom. The van der Waals surface area contributed by atoms with Crippen LogP contribution in [0.15, 0.2) is 161 Å². The largest absolute Gasteiger partial charge is 0.309 e. The van der Waals surface area contributed by atoms with E-state index in [0.29, 0.717) is 0 Å². The lowest BCUT2D eigenvalue weighted by Gasteiger charge is -2.40. The average molecular weight is 532 g/mol. The van der Waals surface area contributed by atoms with Crippen molar-refractivity contribution in [2.45, 2.75) is 9.79 Å². The molecule has 0 fully saturated rings. The fourth-order valence-electron chi connectivity index (χ4n) is 6.54. The molecule has 39 heavy (non-hydrogen) atoms. The van der Waals surface area contributed by atoms with Crippen LogP contribution in [0.1, 0.15) is 0 Å². The number of aromatic nitrogens is 1. The normalized spacial score (nSPS) is 13.7. The molecule has 8 rings (SSSR count). The molecule has 0 aliphatic carbocycles. The first-order valence-electron chi connectivity index (χ1n) is 13.4. The van der Waals surface area contributed by atoms with Gasteiger partial charge in [0.2, 0.25) is 0 Å². The maximum atomic E-state index is 2.43. The minimum Gasteiger partial charge on any atom is -0.309 e. The van der Waals surface area contributed by atoms with Crippen molar-refractivity contribution < 1.29 is 0 Å². The molecule has 1 aliphatic heterocycles. The summed E-state index contributed by atoms with van der Waals surface area (Å²) in [5, 5.41) is 8.38. The van der Waals surface area contributed by atoms with Gasteiger partial charge in [-0.3, -0.25) is 0 Å². The van der Waals surface area contributed by atoms with Crippen LogP contribution in [0.5, 0.6) is 0 Å². The highest BCUT2D eigenvalue weighted by molar-refractivity contribution is 8.00. The summed E-state index contributed by atoms with van der Waals surface area (Å²) in [5.41, 5.74) is 3.70. The van der Waals surface area contributed by atoms with Crippen LogP contribution in [-0.2, 0) is 0 Å². The van der Waals surface area contributed by atoms with E-state index in [4.69, 9.17) is 0 Å². The molecule has 0 bridgehead atoms.